The molecule has 1 unspecified atom stereocenters. The quantitative estimate of drug-likeness (QED) is 0.871. The summed E-state index contributed by atoms with van der Waals surface area (Å²) in [6.07, 6.45) is 1.88. The molecule has 1 aromatic rings. The first-order valence-corrected chi connectivity index (χ1v) is 7.01. The zero-order valence-electron chi connectivity index (χ0n) is 11.8. The highest BCUT2D eigenvalue weighted by Crippen LogP contribution is 2.28. The van der Waals surface area contributed by atoms with Crippen LogP contribution in [0.1, 0.15) is 24.5 Å². The van der Waals surface area contributed by atoms with E-state index in [1.807, 2.05) is 4.90 Å². The molecule has 0 radical (unpaired) electrons. The summed E-state index contributed by atoms with van der Waals surface area (Å²) in [6.45, 7) is 6.36. The van der Waals surface area contributed by atoms with Crippen LogP contribution in [-0.2, 0) is 6.42 Å². The van der Waals surface area contributed by atoms with Gasteiger partial charge in [0.05, 0.1) is 5.69 Å². The van der Waals surface area contributed by atoms with Crippen LogP contribution in [0.3, 0.4) is 0 Å². The van der Waals surface area contributed by atoms with Gasteiger partial charge in [0.2, 0.25) is 0 Å². The van der Waals surface area contributed by atoms with Gasteiger partial charge in [-0.05, 0) is 43.4 Å². The highest BCUT2D eigenvalue weighted by atomic mass is 16.2. The second kappa shape index (κ2) is 6.06. The van der Waals surface area contributed by atoms with Crippen LogP contribution in [0.5, 0.6) is 0 Å². The van der Waals surface area contributed by atoms with E-state index in [1.54, 1.807) is 0 Å². The zero-order valence-corrected chi connectivity index (χ0v) is 11.8. The Hall–Kier alpha value is -1.55. The lowest BCUT2D eigenvalue weighted by molar-refractivity contribution is 0.236. The summed E-state index contributed by atoms with van der Waals surface area (Å²) in [6, 6.07) is 6.23. The lowest BCUT2D eigenvalue weighted by Crippen LogP contribution is -2.52. The molecule has 0 bridgehead atoms. The Morgan fingerprint density at radius 1 is 1.47 bits per heavy atom. The minimum atomic E-state index is 0.0114. The summed E-state index contributed by atoms with van der Waals surface area (Å²) in [5.41, 5.74) is 9.09. The minimum absolute atomic E-state index is 0.0114. The Morgan fingerprint density at radius 2 is 2.26 bits per heavy atom. The van der Waals surface area contributed by atoms with Gasteiger partial charge in [-0.2, -0.15) is 0 Å². The van der Waals surface area contributed by atoms with Crippen LogP contribution < -0.4 is 16.0 Å². The number of carbonyl (C=O) groups is 1. The lowest BCUT2D eigenvalue weighted by atomic mass is 9.99. The molecule has 0 aromatic heterocycles. The zero-order chi connectivity index (χ0) is 13.8. The van der Waals surface area contributed by atoms with E-state index in [1.165, 1.54) is 5.56 Å². The molecule has 1 aliphatic heterocycles. The van der Waals surface area contributed by atoms with Crippen molar-refractivity contribution in [2.24, 2.45) is 11.7 Å². The first-order chi connectivity index (χ1) is 9.17. The molecule has 0 spiro atoms. The number of nitrogens with two attached hydrogens (primary N) is 1. The Labute approximate surface area is 115 Å². The number of anilines is 1. The molecule has 3 N–H and O–H groups in total. The van der Waals surface area contributed by atoms with Crippen molar-refractivity contribution in [2.45, 2.75) is 26.7 Å². The number of para-hydroxylation sites is 1. The molecule has 2 amide bonds. The average molecular weight is 261 g/mol. The van der Waals surface area contributed by atoms with Crippen molar-refractivity contribution < 1.29 is 4.79 Å². The Bertz CT molecular complexity index is 459. The SMILES string of the molecule is CCc1cccc(C)c1N1CC(CCN)CNC1=O. The molecule has 19 heavy (non-hydrogen) atoms. The summed E-state index contributed by atoms with van der Waals surface area (Å²) >= 11 is 0. The molecule has 1 saturated heterocycles. The summed E-state index contributed by atoms with van der Waals surface area (Å²) < 4.78 is 0. The van der Waals surface area contributed by atoms with Crippen molar-refractivity contribution in [1.29, 1.82) is 0 Å². The largest absolute Gasteiger partial charge is 0.337 e. The lowest BCUT2D eigenvalue weighted by Gasteiger charge is -2.35. The number of nitrogens with one attached hydrogen (secondary N) is 1. The molecule has 4 nitrogen and oxygen atoms in total. The number of urea groups is 1. The molecule has 1 aromatic carbocycles. The van der Waals surface area contributed by atoms with Crippen molar-refractivity contribution in [3.8, 4) is 0 Å². The van der Waals surface area contributed by atoms with Gasteiger partial charge < -0.3 is 11.1 Å². The molecule has 0 aliphatic carbocycles. The number of hydrogen-bond acceptors (Lipinski definition) is 2. The third-order valence-corrected chi connectivity index (χ3v) is 3.77. The number of benzene rings is 1. The fourth-order valence-electron chi connectivity index (χ4n) is 2.75. The highest BCUT2D eigenvalue weighted by Gasteiger charge is 2.27. The molecule has 4 heteroatoms. The van der Waals surface area contributed by atoms with Crippen molar-refractivity contribution in [3.05, 3.63) is 29.3 Å². The van der Waals surface area contributed by atoms with Crippen molar-refractivity contribution in [2.75, 3.05) is 24.5 Å². The standard InChI is InChI=1S/C15H23N3O/c1-3-13-6-4-5-11(2)14(13)18-10-12(7-8-16)9-17-15(18)19/h4-6,12H,3,7-10,16H2,1-2H3,(H,17,19). The van der Waals surface area contributed by atoms with Gasteiger partial charge in [0.1, 0.15) is 0 Å². The Kier molecular flexibility index (Phi) is 4.43. The summed E-state index contributed by atoms with van der Waals surface area (Å²) in [4.78, 5) is 14.0. The number of carbonyl (C=O) groups excluding carboxylic acids is 1. The van der Waals surface area contributed by atoms with E-state index in [-0.39, 0.29) is 6.03 Å². The van der Waals surface area contributed by atoms with Crippen LogP contribution in [0, 0.1) is 12.8 Å². The van der Waals surface area contributed by atoms with Crippen LogP contribution in [0.15, 0.2) is 18.2 Å². The predicted molar refractivity (Wildman–Crippen MR) is 78.5 cm³/mol. The fraction of sp³-hybridized carbons (Fsp3) is 0.533. The number of hydrogen-bond donors (Lipinski definition) is 2. The monoisotopic (exact) mass is 261 g/mol. The number of nitrogens with zero attached hydrogens (tertiary/aromatic N) is 1. The van der Waals surface area contributed by atoms with Gasteiger partial charge in [-0.1, -0.05) is 25.1 Å². The van der Waals surface area contributed by atoms with E-state index in [4.69, 9.17) is 5.73 Å². The van der Waals surface area contributed by atoms with Crippen LogP contribution in [0.25, 0.3) is 0 Å². The van der Waals surface area contributed by atoms with E-state index in [0.29, 0.717) is 12.5 Å². The fourth-order valence-corrected chi connectivity index (χ4v) is 2.75. The molecule has 104 valence electrons. The smallest absolute Gasteiger partial charge is 0.321 e. The molecule has 1 heterocycles. The van der Waals surface area contributed by atoms with Gasteiger partial charge in [0, 0.05) is 13.1 Å². The minimum Gasteiger partial charge on any atom is -0.337 e. The Morgan fingerprint density at radius 3 is 2.95 bits per heavy atom. The van der Waals surface area contributed by atoms with Crippen LogP contribution in [0.4, 0.5) is 10.5 Å². The second-order valence-electron chi connectivity index (χ2n) is 5.18. The average Bonchev–Trinajstić information content (AvgIpc) is 2.41. The third-order valence-electron chi connectivity index (χ3n) is 3.77. The summed E-state index contributed by atoms with van der Waals surface area (Å²) in [7, 11) is 0. The number of amides is 2. The van der Waals surface area contributed by atoms with E-state index in [0.717, 1.165) is 37.2 Å². The maximum atomic E-state index is 12.1. The molecule has 1 aliphatic rings. The topological polar surface area (TPSA) is 58.4 Å². The summed E-state index contributed by atoms with van der Waals surface area (Å²) in [5, 5.41) is 2.98. The highest BCUT2D eigenvalue weighted by molar-refractivity contribution is 5.94. The first kappa shape index (κ1) is 13.9. The van der Waals surface area contributed by atoms with Crippen LogP contribution in [0.2, 0.25) is 0 Å². The first-order valence-electron chi connectivity index (χ1n) is 7.01. The predicted octanol–water partition coefficient (Wildman–Crippen LogP) is 2.05. The van der Waals surface area contributed by atoms with E-state index < -0.39 is 0 Å². The van der Waals surface area contributed by atoms with Crippen molar-refractivity contribution in [3.63, 3.8) is 0 Å². The van der Waals surface area contributed by atoms with Gasteiger partial charge in [0.25, 0.3) is 0 Å². The molecular formula is C15H23N3O. The van der Waals surface area contributed by atoms with Gasteiger partial charge in [-0.15, -0.1) is 0 Å². The van der Waals surface area contributed by atoms with Gasteiger partial charge in [0.15, 0.2) is 0 Å². The maximum absolute atomic E-state index is 12.1. The molecule has 2 rings (SSSR count). The number of aryl methyl sites for hydroxylation is 2. The second-order valence-corrected chi connectivity index (χ2v) is 5.18. The normalized spacial score (nSPS) is 19.4. The molecule has 1 atom stereocenters. The third kappa shape index (κ3) is 2.89. The maximum Gasteiger partial charge on any atom is 0.321 e. The molecule has 1 fully saturated rings. The van der Waals surface area contributed by atoms with Crippen LogP contribution >= 0.6 is 0 Å². The van der Waals surface area contributed by atoms with Gasteiger partial charge >= 0.3 is 6.03 Å². The number of rotatable bonds is 4. The van der Waals surface area contributed by atoms with Gasteiger partial charge in [-0.25, -0.2) is 4.79 Å². The van der Waals surface area contributed by atoms with E-state index in [9.17, 15) is 4.79 Å². The van der Waals surface area contributed by atoms with E-state index >= 15 is 0 Å². The summed E-state index contributed by atoms with van der Waals surface area (Å²) in [5.74, 6) is 0.437. The molecule has 0 saturated carbocycles. The van der Waals surface area contributed by atoms with Gasteiger partial charge in [-0.3, -0.25) is 4.90 Å². The Balaban J connectivity index is 2.30. The van der Waals surface area contributed by atoms with Crippen LogP contribution in [-0.4, -0.2) is 25.7 Å². The van der Waals surface area contributed by atoms with E-state index in [2.05, 4.69) is 37.4 Å². The van der Waals surface area contributed by atoms with Crippen molar-refractivity contribution >= 4 is 11.7 Å². The molecular weight excluding hydrogens is 238 g/mol. The van der Waals surface area contributed by atoms with Crippen molar-refractivity contribution in [1.82, 2.24) is 5.32 Å².